The van der Waals surface area contributed by atoms with Crippen molar-refractivity contribution >= 4 is 5.97 Å². The van der Waals surface area contributed by atoms with Gasteiger partial charge in [0.25, 0.3) is 0 Å². The van der Waals surface area contributed by atoms with Crippen LogP contribution in [0.25, 0.3) is 0 Å². The molecule has 7 rings (SSSR count). The molecule has 3 heterocycles. The molecule has 3 bridgehead atoms. The number of epoxide rings is 1. The monoisotopic (exact) mass is 636 g/mol. The third kappa shape index (κ3) is 4.15. The van der Waals surface area contributed by atoms with Crippen LogP contribution in [0.5, 0.6) is 0 Å². The first kappa shape index (κ1) is 32.2. The molecule has 250 valence electrons. The molecule has 0 amide bonds. The summed E-state index contributed by atoms with van der Waals surface area (Å²) in [5.41, 5.74) is -4.09. The fraction of sp³-hybridized carbons (Fsp3) is 0.649. The van der Waals surface area contributed by atoms with Crippen LogP contribution in [0.1, 0.15) is 71.8 Å². The van der Waals surface area contributed by atoms with Crippen LogP contribution in [0.4, 0.5) is 0 Å². The van der Waals surface area contributed by atoms with Gasteiger partial charge < -0.3 is 39.0 Å². The van der Waals surface area contributed by atoms with Gasteiger partial charge in [0, 0.05) is 23.5 Å². The van der Waals surface area contributed by atoms with E-state index in [1.54, 1.807) is 6.08 Å². The number of esters is 1. The van der Waals surface area contributed by atoms with Gasteiger partial charge in [0.15, 0.2) is 0 Å². The van der Waals surface area contributed by atoms with Crippen LogP contribution >= 0.6 is 0 Å². The van der Waals surface area contributed by atoms with Crippen LogP contribution in [-0.4, -0.2) is 74.7 Å². The molecule has 3 N–H and O–H groups in total. The van der Waals surface area contributed by atoms with Gasteiger partial charge in [-0.25, -0.2) is 4.79 Å². The maximum absolute atomic E-state index is 13.2. The van der Waals surface area contributed by atoms with E-state index in [2.05, 4.69) is 20.4 Å². The number of unbranched alkanes of at least 4 members (excludes halogenated alkanes) is 3. The molecule has 46 heavy (non-hydrogen) atoms. The second kappa shape index (κ2) is 11.1. The average molecular weight is 637 g/mol. The topological polar surface area (TPSA) is 127 Å². The van der Waals surface area contributed by atoms with Crippen LogP contribution in [0.2, 0.25) is 0 Å². The Bertz CT molecular complexity index is 1430. The number of hydrogen-bond acceptors (Lipinski definition) is 9. The summed E-state index contributed by atoms with van der Waals surface area (Å²) in [4.78, 5) is 13.2. The Labute approximate surface area is 271 Å². The minimum absolute atomic E-state index is 0.221. The number of rotatable bonds is 10. The standard InChI is InChI=1S/C37H48O9/c1-6-7-8-9-10-11-15-18-27(39)42-29-23(4)19-26-35(29,41)32(40)34(21-38)31(43-34)28-30-33(22(2)3)20-24(5)36(26,28)46-37(44-30,45-33)25-16-13-12-14-17-25/h10-18,23-24,26,28-32,38,40-41H,2,6-9,19-21H2,1,3-5H3/b11-10+,18-15+/t23-,24+,26?,28?,29-,30?,31-,32+,33+,34-,35+,36-,37?/m0/s1. The Kier molecular flexibility index (Phi) is 7.76. The third-order valence-electron chi connectivity index (χ3n) is 12.1. The molecule has 1 aromatic carbocycles. The second-order valence-electron chi connectivity index (χ2n) is 14.7. The molecule has 3 saturated heterocycles. The smallest absolute Gasteiger partial charge is 0.331 e. The van der Waals surface area contributed by atoms with Crippen molar-refractivity contribution in [3.63, 3.8) is 0 Å². The first-order valence-corrected chi connectivity index (χ1v) is 17.0. The number of carbonyl (C=O) groups is 1. The molecule has 6 aliphatic rings. The van der Waals surface area contributed by atoms with Crippen molar-refractivity contribution in [1.29, 1.82) is 0 Å². The van der Waals surface area contributed by atoms with E-state index in [9.17, 15) is 20.1 Å². The van der Waals surface area contributed by atoms with Crippen molar-refractivity contribution in [3.05, 3.63) is 72.4 Å². The summed E-state index contributed by atoms with van der Waals surface area (Å²) in [6, 6.07) is 9.48. The molecule has 0 aromatic heterocycles. The SMILES string of the molecule is C=C(C)[C@]12C[C@@H](C)[C@@]34OC(c5ccccc5)(OC1C3[C@@H]1O[C@]1(CO)[C@@H](O)[C@@]1(O)C4C[C@H](C)[C@@H]1OC(=O)/C=C/C=C/CCCCC)O2. The fourth-order valence-electron chi connectivity index (χ4n) is 9.94. The Morgan fingerprint density at radius 2 is 1.87 bits per heavy atom. The largest absolute Gasteiger partial charge is 0.456 e. The van der Waals surface area contributed by atoms with E-state index in [4.69, 9.17) is 23.7 Å². The molecule has 13 atom stereocenters. The number of allylic oxidation sites excluding steroid dienone is 3. The molecule has 3 aliphatic carbocycles. The predicted molar refractivity (Wildman–Crippen MR) is 168 cm³/mol. The highest BCUT2D eigenvalue weighted by Crippen LogP contribution is 2.75. The lowest BCUT2D eigenvalue weighted by Crippen LogP contribution is -2.72. The van der Waals surface area contributed by atoms with E-state index >= 15 is 0 Å². The number of benzene rings is 1. The molecule has 3 saturated carbocycles. The van der Waals surface area contributed by atoms with Gasteiger partial charge in [-0.2, -0.15) is 0 Å². The highest BCUT2D eigenvalue weighted by atomic mass is 16.9. The Morgan fingerprint density at radius 3 is 2.57 bits per heavy atom. The second-order valence-corrected chi connectivity index (χ2v) is 14.7. The van der Waals surface area contributed by atoms with Crippen molar-refractivity contribution in [2.45, 2.75) is 119 Å². The van der Waals surface area contributed by atoms with Gasteiger partial charge >= 0.3 is 11.9 Å². The molecule has 1 aromatic rings. The number of hydrogen-bond donors (Lipinski definition) is 3. The summed E-state index contributed by atoms with van der Waals surface area (Å²) in [6.07, 6.45) is 8.11. The minimum Gasteiger partial charge on any atom is -0.456 e. The van der Waals surface area contributed by atoms with Crippen molar-refractivity contribution in [2.75, 3.05) is 6.61 Å². The Hall–Kier alpha value is -2.37. The van der Waals surface area contributed by atoms with Crippen LogP contribution in [0.3, 0.4) is 0 Å². The van der Waals surface area contributed by atoms with Crippen LogP contribution < -0.4 is 0 Å². The van der Waals surface area contributed by atoms with E-state index in [1.165, 1.54) is 6.08 Å². The van der Waals surface area contributed by atoms with Crippen molar-refractivity contribution in [1.82, 2.24) is 0 Å². The lowest BCUT2D eigenvalue weighted by Gasteiger charge is -2.60. The van der Waals surface area contributed by atoms with E-state index in [0.29, 0.717) is 18.4 Å². The maximum Gasteiger partial charge on any atom is 0.331 e. The zero-order chi connectivity index (χ0) is 32.7. The zero-order valence-corrected chi connectivity index (χ0v) is 27.3. The quantitative estimate of drug-likeness (QED) is 0.0853. The Morgan fingerprint density at radius 1 is 1.11 bits per heavy atom. The molecular weight excluding hydrogens is 588 g/mol. The molecule has 6 fully saturated rings. The highest BCUT2D eigenvalue weighted by Gasteiger charge is 2.89. The van der Waals surface area contributed by atoms with E-state index in [0.717, 1.165) is 31.3 Å². The fourth-order valence-corrected chi connectivity index (χ4v) is 9.94. The number of aliphatic hydroxyl groups is 3. The summed E-state index contributed by atoms with van der Waals surface area (Å²) in [5, 5.41) is 36.0. The molecule has 0 spiro atoms. The van der Waals surface area contributed by atoms with Crippen LogP contribution in [0, 0.1) is 23.7 Å². The molecular formula is C37H48O9. The lowest BCUT2D eigenvalue weighted by molar-refractivity contribution is -0.443. The predicted octanol–water partition coefficient (Wildman–Crippen LogP) is 4.45. The van der Waals surface area contributed by atoms with Gasteiger partial charge in [0.05, 0.1) is 12.2 Å². The first-order chi connectivity index (χ1) is 22.0. The highest BCUT2D eigenvalue weighted by molar-refractivity contribution is 5.82. The van der Waals surface area contributed by atoms with Crippen molar-refractivity contribution in [3.8, 4) is 0 Å². The maximum atomic E-state index is 13.2. The van der Waals surface area contributed by atoms with Gasteiger partial charge in [0.1, 0.15) is 41.2 Å². The van der Waals surface area contributed by atoms with Gasteiger partial charge in [0.2, 0.25) is 0 Å². The third-order valence-corrected chi connectivity index (χ3v) is 12.1. The van der Waals surface area contributed by atoms with Crippen molar-refractivity contribution in [2.24, 2.45) is 23.7 Å². The van der Waals surface area contributed by atoms with Crippen LogP contribution in [0.15, 0.2) is 66.8 Å². The van der Waals surface area contributed by atoms with Gasteiger partial charge in [-0.05, 0) is 50.0 Å². The van der Waals surface area contributed by atoms with Crippen molar-refractivity contribution < 1.29 is 43.8 Å². The number of ether oxygens (including phenoxy) is 5. The van der Waals surface area contributed by atoms with E-state index < -0.39 is 77.2 Å². The summed E-state index contributed by atoms with van der Waals surface area (Å²) in [6.45, 7) is 11.9. The van der Waals surface area contributed by atoms with Gasteiger partial charge in [-0.1, -0.05) is 88.8 Å². The number of fused-ring (bicyclic) bond motifs is 3. The normalized spacial score (nSPS) is 48.2. The summed E-state index contributed by atoms with van der Waals surface area (Å²) in [7, 11) is 0. The minimum atomic E-state index is -2.00. The number of aliphatic hydroxyl groups excluding tert-OH is 2. The average Bonchev–Trinajstić information content (AvgIpc) is 3.67. The zero-order valence-electron chi connectivity index (χ0n) is 27.3. The van der Waals surface area contributed by atoms with E-state index in [-0.39, 0.29) is 11.8 Å². The molecule has 9 heteroatoms. The molecule has 0 radical (unpaired) electrons. The summed E-state index contributed by atoms with van der Waals surface area (Å²) < 4.78 is 33.3. The van der Waals surface area contributed by atoms with E-state index in [1.807, 2.05) is 56.3 Å². The summed E-state index contributed by atoms with van der Waals surface area (Å²) >= 11 is 0. The molecule has 9 nitrogen and oxygen atoms in total. The Balaban J connectivity index is 1.30. The molecule has 4 unspecified atom stereocenters. The number of carbonyl (C=O) groups excluding carboxylic acids is 1. The van der Waals surface area contributed by atoms with Crippen LogP contribution in [-0.2, 0) is 34.5 Å². The molecule has 3 aliphatic heterocycles. The van der Waals surface area contributed by atoms with Gasteiger partial charge in [-0.15, -0.1) is 0 Å². The summed E-state index contributed by atoms with van der Waals surface area (Å²) in [5.74, 6) is -4.00. The first-order valence-electron chi connectivity index (χ1n) is 17.0. The van der Waals surface area contributed by atoms with Gasteiger partial charge in [-0.3, -0.25) is 0 Å². The lowest BCUT2D eigenvalue weighted by atomic mass is 9.54.